The Morgan fingerprint density at radius 1 is 1.07 bits per heavy atom. The third-order valence-electron chi connectivity index (χ3n) is 5.11. The summed E-state index contributed by atoms with van der Waals surface area (Å²) < 4.78 is 5.69. The van der Waals surface area contributed by atoms with E-state index < -0.39 is 5.91 Å². The van der Waals surface area contributed by atoms with Gasteiger partial charge in [0.15, 0.2) is 5.82 Å². The van der Waals surface area contributed by atoms with Gasteiger partial charge < -0.3 is 25.3 Å². The molecule has 2 amide bonds. The first kappa shape index (κ1) is 19.8. The molecule has 30 heavy (non-hydrogen) atoms. The number of nitrogens with two attached hydrogens (primary N) is 1. The molecular formula is C22H25N5O3. The average Bonchev–Trinajstić information content (AvgIpc) is 3.17. The summed E-state index contributed by atoms with van der Waals surface area (Å²) in [6, 6.07) is 13.0. The quantitative estimate of drug-likeness (QED) is 0.676. The number of piperazine rings is 1. The van der Waals surface area contributed by atoms with E-state index in [0.29, 0.717) is 29.7 Å². The number of rotatable bonds is 5. The lowest BCUT2D eigenvalue weighted by Crippen LogP contribution is -2.49. The van der Waals surface area contributed by atoms with Crippen molar-refractivity contribution >= 4 is 28.5 Å². The molecule has 1 aliphatic heterocycles. The van der Waals surface area contributed by atoms with Crippen LogP contribution in [0.5, 0.6) is 5.75 Å². The van der Waals surface area contributed by atoms with E-state index in [2.05, 4.69) is 14.9 Å². The zero-order valence-corrected chi connectivity index (χ0v) is 17.1. The minimum Gasteiger partial charge on any atom is -0.491 e. The van der Waals surface area contributed by atoms with Gasteiger partial charge in [0.2, 0.25) is 5.91 Å². The highest BCUT2D eigenvalue weighted by Crippen LogP contribution is 2.22. The van der Waals surface area contributed by atoms with Crippen molar-refractivity contribution in [3.63, 3.8) is 0 Å². The third-order valence-corrected chi connectivity index (χ3v) is 5.11. The van der Waals surface area contributed by atoms with Crippen LogP contribution in [0.3, 0.4) is 0 Å². The van der Waals surface area contributed by atoms with Gasteiger partial charge in [-0.25, -0.2) is 4.98 Å². The van der Waals surface area contributed by atoms with Crippen molar-refractivity contribution in [1.29, 1.82) is 0 Å². The van der Waals surface area contributed by atoms with E-state index in [-0.39, 0.29) is 17.8 Å². The van der Waals surface area contributed by atoms with Crippen LogP contribution in [-0.2, 0) is 0 Å². The zero-order valence-electron chi connectivity index (χ0n) is 17.1. The Kier molecular flexibility index (Phi) is 5.31. The van der Waals surface area contributed by atoms with Crippen molar-refractivity contribution in [2.24, 2.45) is 5.73 Å². The van der Waals surface area contributed by atoms with E-state index in [1.54, 1.807) is 23.1 Å². The second-order valence-corrected chi connectivity index (χ2v) is 7.62. The van der Waals surface area contributed by atoms with E-state index in [0.717, 1.165) is 24.5 Å². The summed E-state index contributed by atoms with van der Waals surface area (Å²) in [7, 11) is 0. The van der Waals surface area contributed by atoms with Gasteiger partial charge in [0.25, 0.3) is 5.91 Å². The van der Waals surface area contributed by atoms with Crippen LogP contribution >= 0.6 is 0 Å². The Morgan fingerprint density at radius 2 is 1.77 bits per heavy atom. The number of carbonyl (C=O) groups is 2. The summed E-state index contributed by atoms with van der Waals surface area (Å²) in [6.07, 6.45) is 0.144. The molecule has 2 aromatic carbocycles. The maximum atomic E-state index is 12.9. The minimum absolute atomic E-state index is 0.144. The molecule has 0 bridgehead atoms. The number of hydrogen-bond donors (Lipinski definition) is 2. The lowest BCUT2D eigenvalue weighted by atomic mass is 10.2. The number of nitrogens with zero attached hydrogens (tertiary/aromatic N) is 3. The fraction of sp³-hybridized carbons (Fsp3) is 0.318. The summed E-state index contributed by atoms with van der Waals surface area (Å²) in [5.74, 6) is 0.466. The lowest BCUT2D eigenvalue weighted by Gasteiger charge is -2.35. The molecular weight excluding hydrogens is 382 g/mol. The Bertz CT molecular complexity index is 1070. The molecule has 2 heterocycles. The molecule has 8 nitrogen and oxygen atoms in total. The highest BCUT2D eigenvalue weighted by atomic mass is 16.5. The molecule has 1 aliphatic rings. The summed E-state index contributed by atoms with van der Waals surface area (Å²) in [5.41, 5.74) is 8.06. The molecule has 3 N–H and O–H groups in total. The molecule has 1 aromatic heterocycles. The third kappa shape index (κ3) is 4.07. The number of imidazole rings is 1. The van der Waals surface area contributed by atoms with Crippen molar-refractivity contribution < 1.29 is 14.3 Å². The van der Waals surface area contributed by atoms with Gasteiger partial charge in [0, 0.05) is 37.4 Å². The van der Waals surface area contributed by atoms with Crippen LogP contribution in [0, 0.1) is 0 Å². The smallest absolute Gasteiger partial charge is 0.289 e. The van der Waals surface area contributed by atoms with Gasteiger partial charge in [0.05, 0.1) is 17.1 Å². The summed E-state index contributed by atoms with van der Waals surface area (Å²) >= 11 is 0. The van der Waals surface area contributed by atoms with Gasteiger partial charge in [-0.2, -0.15) is 0 Å². The number of nitrogens with one attached hydrogen (secondary N) is 1. The monoisotopic (exact) mass is 407 g/mol. The van der Waals surface area contributed by atoms with E-state index in [4.69, 9.17) is 10.5 Å². The molecule has 0 spiro atoms. The molecule has 8 heteroatoms. The molecule has 1 saturated heterocycles. The second-order valence-electron chi connectivity index (χ2n) is 7.62. The van der Waals surface area contributed by atoms with Crippen molar-refractivity contribution in [2.45, 2.75) is 20.0 Å². The number of aromatic amines is 1. The topological polar surface area (TPSA) is 105 Å². The van der Waals surface area contributed by atoms with E-state index >= 15 is 0 Å². The number of benzene rings is 2. The Balaban J connectivity index is 1.40. The van der Waals surface area contributed by atoms with Gasteiger partial charge in [0.1, 0.15) is 5.75 Å². The van der Waals surface area contributed by atoms with Gasteiger partial charge in [-0.15, -0.1) is 0 Å². The van der Waals surface area contributed by atoms with Crippen LogP contribution in [0.15, 0.2) is 42.5 Å². The average molecular weight is 407 g/mol. The predicted octanol–water partition coefficient (Wildman–Crippen LogP) is 2.41. The Labute approximate surface area is 174 Å². The first-order valence-corrected chi connectivity index (χ1v) is 10.0. The zero-order chi connectivity index (χ0) is 21.3. The Morgan fingerprint density at radius 3 is 2.40 bits per heavy atom. The van der Waals surface area contributed by atoms with Gasteiger partial charge in [-0.05, 0) is 56.3 Å². The minimum atomic E-state index is -0.515. The highest BCUT2D eigenvalue weighted by molar-refractivity contribution is 5.98. The fourth-order valence-electron chi connectivity index (χ4n) is 3.59. The van der Waals surface area contributed by atoms with E-state index in [9.17, 15) is 9.59 Å². The van der Waals surface area contributed by atoms with Crippen LogP contribution in [0.4, 0.5) is 5.69 Å². The Hall–Kier alpha value is -3.55. The molecule has 3 aromatic rings. The molecule has 0 radical (unpaired) electrons. The molecule has 0 atom stereocenters. The number of primary amides is 1. The summed E-state index contributed by atoms with van der Waals surface area (Å²) in [5, 5.41) is 0. The van der Waals surface area contributed by atoms with E-state index in [1.807, 2.05) is 38.1 Å². The number of hydrogen-bond acceptors (Lipinski definition) is 5. The summed E-state index contributed by atoms with van der Waals surface area (Å²) in [4.78, 5) is 35.7. The number of H-pyrrole nitrogens is 1. The molecule has 0 unspecified atom stereocenters. The predicted molar refractivity (Wildman–Crippen MR) is 115 cm³/mol. The SMILES string of the molecule is CC(C)Oc1ccc(N2CCN(C(=O)c3nc4ccc(C(N)=O)cc4[nH]3)CC2)cc1. The number of aromatic nitrogens is 2. The largest absolute Gasteiger partial charge is 0.491 e. The number of fused-ring (bicyclic) bond motifs is 1. The normalized spacial score (nSPS) is 14.4. The molecule has 1 fully saturated rings. The van der Waals surface area contributed by atoms with E-state index in [1.165, 1.54) is 0 Å². The molecule has 156 valence electrons. The van der Waals surface area contributed by atoms with Crippen LogP contribution in [-0.4, -0.2) is 59.0 Å². The standard InChI is InChI=1S/C22H25N5O3/c1-14(2)30-17-6-4-16(5-7-17)26-9-11-27(12-10-26)22(29)21-24-18-8-3-15(20(23)28)13-19(18)25-21/h3-8,13-14H,9-12H2,1-2H3,(H2,23,28)(H,24,25). The van der Waals surface area contributed by atoms with Crippen molar-refractivity contribution in [3.8, 4) is 5.75 Å². The van der Waals surface area contributed by atoms with Crippen LogP contribution in [0.1, 0.15) is 34.8 Å². The first-order valence-electron chi connectivity index (χ1n) is 10.0. The van der Waals surface area contributed by atoms with Gasteiger partial charge >= 0.3 is 0 Å². The molecule has 0 aliphatic carbocycles. The van der Waals surface area contributed by atoms with Crippen molar-refractivity contribution in [1.82, 2.24) is 14.9 Å². The molecule has 4 rings (SSSR count). The lowest BCUT2D eigenvalue weighted by molar-refractivity contribution is 0.0736. The molecule has 0 saturated carbocycles. The van der Waals surface area contributed by atoms with Crippen molar-refractivity contribution in [2.75, 3.05) is 31.1 Å². The number of amides is 2. The van der Waals surface area contributed by atoms with Gasteiger partial charge in [-0.3, -0.25) is 9.59 Å². The maximum Gasteiger partial charge on any atom is 0.289 e. The second kappa shape index (κ2) is 8.06. The first-order chi connectivity index (χ1) is 14.4. The van der Waals surface area contributed by atoms with Gasteiger partial charge in [-0.1, -0.05) is 0 Å². The highest BCUT2D eigenvalue weighted by Gasteiger charge is 2.24. The number of anilines is 1. The van der Waals surface area contributed by atoms with Crippen LogP contribution < -0.4 is 15.4 Å². The fourth-order valence-corrected chi connectivity index (χ4v) is 3.59. The maximum absolute atomic E-state index is 12.9. The number of carbonyl (C=O) groups excluding carboxylic acids is 2. The number of ether oxygens (including phenoxy) is 1. The van der Waals surface area contributed by atoms with Crippen LogP contribution in [0.25, 0.3) is 11.0 Å². The van der Waals surface area contributed by atoms with Crippen LogP contribution in [0.2, 0.25) is 0 Å². The summed E-state index contributed by atoms with van der Waals surface area (Å²) in [6.45, 7) is 6.69. The van der Waals surface area contributed by atoms with Crippen molar-refractivity contribution in [3.05, 3.63) is 53.9 Å².